The van der Waals surface area contributed by atoms with Crippen LogP contribution in [0, 0.1) is 0 Å². The molecule has 0 N–H and O–H groups in total. The Bertz CT molecular complexity index is 2630. The number of hydrogen-bond acceptors (Lipinski definition) is 1. The minimum Gasteiger partial charge on any atom is -0.310 e. The van der Waals surface area contributed by atoms with Crippen LogP contribution in [-0.2, 0) is 0 Å². The maximum Gasteiger partial charge on any atom is 0.0540 e. The zero-order chi connectivity index (χ0) is 34.0. The molecule has 0 atom stereocenters. The van der Waals surface area contributed by atoms with E-state index in [0.717, 1.165) is 17.1 Å². The molecule has 0 unspecified atom stereocenters. The molecule has 9 aromatic rings. The summed E-state index contributed by atoms with van der Waals surface area (Å²) in [7, 11) is 0. The minimum atomic E-state index is 1.11. The minimum absolute atomic E-state index is 1.11. The van der Waals surface area contributed by atoms with E-state index in [1.807, 2.05) is 0 Å². The highest BCUT2D eigenvalue weighted by Gasteiger charge is 2.17. The number of rotatable bonds is 7. The van der Waals surface area contributed by atoms with Crippen LogP contribution >= 0.6 is 0 Å². The molecule has 0 aromatic heterocycles. The van der Waals surface area contributed by atoms with E-state index < -0.39 is 0 Å². The van der Waals surface area contributed by atoms with Gasteiger partial charge in [0.1, 0.15) is 0 Å². The smallest absolute Gasteiger partial charge is 0.0540 e. The van der Waals surface area contributed by atoms with Crippen molar-refractivity contribution < 1.29 is 0 Å². The molecule has 0 spiro atoms. The number of fused-ring (bicyclic) bond motifs is 2. The molecule has 0 aliphatic heterocycles. The molecule has 0 saturated carbocycles. The molecule has 0 bridgehead atoms. The SMILES string of the molecule is c1ccc(-c2cccc(-c3ccc(N(c4cccc(-c5cccc(-c6cccc7ccccc67)c5)c4)c4cccc5ccccc45)cc3)c2)cc1. The highest BCUT2D eigenvalue weighted by Crippen LogP contribution is 2.41. The van der Waals surface area contributed by atoms with E-state index in [4.69, 9.17) is 0 Å². The van der Waals surface area contributed by atoms with Gasteiger partial charge in [-0.1, -0.05) is 170 Å². The molecule has 0 aliphatic rings. The Kier molecular flexibility index (Phi) is 7.92. The quantitative estimate of drug-likeness (QED) is 0.166. The first-order valence-corrected chi connectivity index (χ1v) is 17.5. The van der Waals surface area contributed by atoms with Crippen LogP contribution in [-0.4, -0.2) is 0 Å². The standard InChI is InChI=1S/C50H35N/c1-2-13-36(14-3-1)40-19-8-20-41(33-40)37-29-31-45(32-30-37)51(50-28-12-18-39-16-5-7-26-49(39)50)46-24-10-22-43(35-46)42-21-9-23-44(34-42)48-27-11-17-38-15-4-6-25-47(38)48/h1-35H. The number of benzene rings is 9. The third-order valence-electron chi connectivity index (χ3n) is 9.84. The fourth-order valence-electron chi connectivity index (χ4n) is 7.31. The molecule has 9 aromatic carbocycles. The van der Waals surface area contributed by atoms with Gasteiger partial charge in [-0.15, -0.1) is 0 Å². The van der Waals surface area contributed by atoms with E-state index in [1.165, 1.54) is 66.1 Å². The van der Waals surface area contributed by atoms with E-state index in [9.17, 15) is 0 Å². The van der Waals surface area contributed by atoms with Crippen LogP contribution in [0.3, 0.4) is 0 Å². The molecule has 0 aliphatic carbocycles. The van der Waals surface area contributed by atoms with Gasteiger partial charge in [-0.25, -0.2) is 0 Å². The fraction of sp³-hybridized carbons (Fsp3) is 0. The second-order valence-electron chi connectivity index (χ2n) is 13.0. The lowest BCUT2D eigenvalue weighted by molar-refractivity contribution is 1.30. The summed E-state index contributed by atoms with van der Waals surface area (Å²) in [5.41, 5.74) is 13.0. The van der Waals surface area contributed by atoms with Crippen molar-refractivity contribution in [3.63, 3.8) is 0 Å². The van der Waals surface area contributed by atoms with Crippen molar-refractivity contribution >= 4 is 38.6 Å². The van der Waals surface area contributed by atoms with E-state index in [2.05, 4.69) is 217 Å². The second kappa shape index (κ2) is 13.3. The Morgan fingerprint density at radius 3 is 1.47 bits per heavy atom. The van der Waals surface area contributed by atoms with Crippen molar-refractivity contribution in [2.24, 2.45) is 0 Å². The normalized spacial score (nSPS) is 11.1. The van der Waals surface area contributed by atoms with Crippen molar-refractivity contribution in [1.82, 2.24) is 0 Å². The summed E-state index contributed by atoms with van der Waals surface area (Å²) in [5, 5.41) is 4.95. The lowest BCUT2D eigenvalue weighted by atomic mass is 9.95. The van der Waals surface area contributed by atoms with Gasteiger partial charge in [0.15, 0.2) is 0 Å². The van der Waals surface area contributed by atoms with Crippen LogP contribution in [0.4, 0.5) is 17.1 Å². The van der Waals surface area contributed by atoms with Gasteiger partial charge >= 0.3 is 0 Å². The Morgan fingerprint density at radius 1 is 0.255 bits per heavy atom. The molecular formula is C50H35N. The summed E-state index contributed by atoms with van der Waals surface area (Å²) >= 11 is 0. The summed E-state index contributed by atoms with van der Waals surface area (Å²) in [4.78, 5) is 2.39. The van der Waals surface area contributed by atoms with Gasteiger partial charge in [-0.3, -0.25) is 0 Å². The predicted molar refractivity (Wildman–Crippen MR) is 218 cm³/mol. The average molecular weight is 650 g/mol. The maximum absolute atomic E-state index is 2.39. The summed E-state index contributed by atoms with van der Waals surface area (Å²) in [6.45, 7) is 0. The summed E-state index contributed by atoms with van der Waals surface area (Å²) in [6.07, 6.45) is 0. The van der Waals surface area contributed by atoms with Gasteiger partial charge in [0.25, 0.3) is 0 Å². The number of hydrogen-bond donors (Lipinski definition) is 0. The monoisotopic (exact) mass is 649 g/mol. The summed E-state index contributed by atoms with van der Waals surface area (Å²) in [5.74, 6) is 0. The Hall–Kier alpha value is -6.70. The zero-order valence-electron chi connectivity index (χ0n) is 28.2. The molecular weight excluding hydrogens is 615 g/mol. The van der Waals surface area contributed by atoms with Crippen molar-refractivity contribution in [3.05, 3.63) is 212 Å². The van der Waals surface area contributed by atoms with Gasteiger partial charge in [-0.2, -0.15) is 0 Å². The first-order chi connectivity index (χ1) is 25.3. The summed E-state index contributed by atoms with van der Waals surface area (Å²) < 4.78 is 0. The molecule has 0 saturated heterocycles. The van der Waals surface area contributed by atoms with E-state index in [1.54, 1.807) is 0 Å². The van der Waals surface area contributed by atoms with Crippen molar-refractivity contribution in [2.75, 3.05) is 4.90 Å². The first-order valence-electron chi connectivity index (χ1n) is 17.5. The van der Waals surface area contributed by atoms with Crippen molar-refractivity contribution in [2.45, 2.75) is 0 Å². The molecule has 1 nitrogen and oxygen atoms in total. The maximum atomic E-state index is 2.39. The molecule has 0 amide bonds. The lowest BCUT2D eigenvalue weighted by Crippen LogP contribution is -2.10. The highest BCUT2D eigenvalue weighted by atomic mass is 15.1. The van der Waals surface area contributed by atoms with Gasteiger partial charge in [0, 0.05) is 16.8 Å². The number of nitrogens with zero attached hydrogens (tertiary/aromatic N) is 1. The van der Waals surface area contributed by atoms with Crippen LogP contribution in [0.25, 0.3) is 66.1 Å². The van der Waals surface area contributed by atoms with Gasteiger partial charge < -0.3 is 4.90 Å². The van der Waals surface area contributed by atoms with Crippen LogP contribution in [0.15, 0.2) is 212 Å². The first kappa shape index (κ1) is 30.4. The van der Waals surface area contributed by atoms with Gasteiger partial charge in [0.05, 0.1) is 5.69 Å². The topological polar surface area (TPSA) is 3.24 Å². The van der Waals surface area contributed by atoms with Crippen LogP contribution < -0.4 is 4.90 Å². The Morgan fingerprint density at radius 2 is 0.725 bits per heavy atom. The molecule has 1 heteroatoms. The second-order valence-corrected chi connectivity index (χ2v) is 13.0. The molecule has 0 fully saturated rings. The third kappa shape index (κ3) is 5.96. The molecule has 51 heavy (non-hydrogen) atoms. The lowest BCUT2D eigenvalue weighted by Gasteiger charge is -2.27. The predicted octanol–water partition coefficient (Wildman–Crippen LogP) is 14.1. The van der Waals surface area contributed by atoms with Crippen LogP contribution in [0.2, 0.25) is 0 Å². The highest BCUT2D eigenvalue weighted by molar-refractivity contribution is 6.00. The van der Waals surface area contributed by atoms with E-state index in [0.29, 0.717) is 0 Å². The van der Waals surface area contributed by atoms with Crippen molar-refractivity contribution in [1.29, 1.82) is 0 Å². The Balaban J connectivity index is 1.13. The molecule has 240 valence electrons. The molecule has 9 rings (SSSR count). The molecule has 0 radical (unpaired) electrons. The van der Waals surface area contributed by atoms with Crippen LogP contribution in [0.1, 0.15) is 0 Å². The molecule has 0 heterocycles. The Labute approximate surface area is 299 Å². The van der Waals surface area contributed by atoms with E-state index >= 15 is 0 Å². The van der Waals surface area contributed by atoms with Gasteiger partial charge in [0.2, 0.25) is 0 Å². The third-order valence-corrected chi connectivity index (χ3v) is 9.84. The van der Waals surface area contributed by atoms with Gasteiger partial charge in [-0.05, 0) is 103 Å². The zero-order valence-corrected chi connectivity index (χ0v) is 28.2. The average Bonchev–Trinajstić information content (AvgIpc) is 3.22. The fourth-order valence-corrected chi connectivity index (χ4v) is 7.31. The van der Waals surface area contributed by atoms with Crippen molar-refractivity contribution in [3.8, 4) is 44.5 Å². The van der Waals surface area contributed by atoms with E-state index in [-0.39, 0.29) is 0 Å². The number of anilines is 3. The summed E-state index contributed by atoms with van der Waals surface area (Å²) in [6, 6.07) is 76.6. The van der Waals surface area contributed by atoms with Crippen LogP contribution in [0.5, 0.6) is 0 Å². The largest absolute Gasteiger partial charge is 0.310 e.